The fourth-order valence-corrected chi connectivity index (χ4v) is 1.58. The van der Waals surface area contributed by atoms with Crippen molar-refractivity contribution in [2.45, 2.75) is 6.42 Å². The van der Waals surface area contributed by atoms with Crippen LogP contribution in [0.4, 0.5) is 0 Å². The molecule has 0 aliphatic carbocycles. The molecule has 0 saturated carbocycles. The summed E-state index contributed by atoms with van der Waals surface area (Å²) >= 11 is 6.06. The molecule has 16 heavy (non-hydrogen) atoms. The average molecular weight is 230 g/mol. The summed E-state index contributed by atoms with van der Waals surface area (Å²) in [6.45, 7) is 0. The van der Waals surface area contributed by atoms with Crippen molar-refractivity contribution in [2.75, 3.05) is 0 Å². The van der Waals surface area contributed by atoms with E-state index in [1.165, 1.54) is 0 Å². The van der Waals surface area contributed by atoms with Crippen LogP contribution in [-0.4, -0.2) is 9.97 Å². The number of nitrogens with zero attached hydrogens (tertiary/aromatic N) is 3. The Morgan fingerprint density at radius 3 is 2.88 bits per heavy atom. The fraction of sp³-hybridized carbons (Fsp3) is 0.0833. The van der Waals surface area contributed by atoms with Gasteiger partial charge in [-0.1, -0.05) is 11.6 Å². The number of hydrogen-bond acceptors (Lipinski definition) is 3. The van der Waals surface area contributed by atoms with Crippen molar-refractivity contribution in [2.24, 2.45) is 0 Å². The summed E-state index contributed by atoms with van der Waals surface area (Å²) in [5, 5.41) is 9.18. The molecule has 0 aliphatic heterocycles. The van der Waals surface area contributed by atoms with Crippen LogP contribution in [0.2, 0.25) is 5.02 Å². The number of halogens is 1. The van der Waals surface area contributed by atoms with Gasteiger partial charge in [0.1, 0.15) is 0 Å². The maximum atomic E-state index is 8.62. The number of nitriles is 1. The van der Waals surface area contributed by atoms with Crippen molar-refractivity contribution in [3.05, 3.63) is 47.4 Å². The second-order valence-corrected chi connectivity index (χ2v) is 3.62. The zero-order valence-electron chi connectivity index (χ0n) is 8.39. The van der Waals surface area contributed by atoms with Crippen LogP contribution in [0, 0.1) is 11.3 Å². The summed E-state index contributed by atoms with van der Waals surface area (Å²) in [6, 6.07) is 9.28. The Kier molecular flexibility index (Phi) is 3.13. The van der Waals surface area contributed by atoms with Gasteiger partial charge in [-0.15, -0.1) is 0 Å². The van der Waals surface area contributed by atoms with Gasteiger partial charge < -0.3 is 0 Å². The third kappa shape index (κ3) is 2.18. The first-order chi connectivity index (χ1) is 7.81. The monoisotopic (exact) mass is 229 g/mol. The smallest absolute Gasteiger partial charge is 0.0907 e. The van der Waals surface area contributed by atoms with Gasteiger partial charge in [0.25, 0.3) is 0 Å². The number of hydrogen-bond donors (Lipinski definition) is 0. The highest BCUT2D eigenvalue weighted by Gasteiger charge is 2.06. The van der Waals surface area contributed by atoms with Gasteiger partial charge in [-0.05, 0) is 24.3 Å². The van der Waals surface area contributed by atoms with Crippen molar-refractivity contribution in [1.29, 1.82) is 5.26 Å². The zero-order chi connectivity index (χ0) is 11.4. The van der Waals surface area contributed by atoms with E-state index in [1.807, 2.05) is 12.1 Å². The molecule has 0 N–H and O–H groups in total. The van der Waals surface area contributed by atoms with Crippen molar-refractivity contribution >= 4 is 11.6 Å². The zero-order valence-corrected chi connectivity index (χ0v) is 9.15. The number of pyridine rings is 2. The van der Waals surface area contributed by atoms with Crippen LogP contribution in [0.1, 0.15) is 5.69 Å². The van der Waals surface area contributed by atoms with Gasteiger partial charge in [-0.25, -0.2) is 0 Å². The number of rotatable bonds is 2. The quantitative estimate of drug-likeness (QED) is 0.796. The normalized spacial score (nSPS) is 9.75. The van der Waals surface area contributed by atoms with E-state index in [2.05, 4.69) is 16.0 Å². The molecule has 0 saturated heterocycles. The maximum absolute atomic E-state index is 8.62. The van der Waals surface area contributed by atoms with Crippen LogP contribution in [0.3, 0.4) is 0 Å². The molecule has 2 aromatic heterocycles. The Hall–Kier alpha value is -1.92. The molecule has 2 rings (SSSR count). The molecule has 0 atom stereocenters. The molecule has 0 aliphatic rings. The highest BCUT2D eigenvalue weighted by molar-refractivity contribution is 6.33. The summed E-state index contributed by atoms with van der Waals surface area (Å²) in [5.41, 5.74) is 2.24. The molecule has 78 valence electrons. The maximum Gasteiger partial charge on any atom is 0.0907 e. The van der Waals surface area contributed by atoms with E-state index >= 15 is 0 Å². The van der Waals surface area contributed by atoms with Gasteiger partial charge in [0.05, 0.1) is 28.9 Å². The van der Waals surface area contributed by atoms with E-state index in [0.29, 0.717) is 16.4 Å². The van der Waals surface area contributed by atoms with Gasteiger partial charge >= 0.3 is 0 Å². The van der Waals surface area contributed by atoms with E-state index in [4.69, 9.17) is 16.9 Å². The molecule has 2 heterocycles. The van der Waals surface area contributed by atoms with Crippen LogP contribution in [0.25, 0.3) is 11.3 Å². The van der Waals surface area contributed by atoms with E-state index in [9.17, 15) is 0 Å². The Balaban J connectivity index is 2.48. The van der Waals surface area contributed by atoms with Gasteiger partial charge in [0, 0.05) is 18.0 Å². The lowest BCUT2D eigenvalue weighted by molar-refractivity contribution is 1.12. The lowest BCUT2D eigenvalue weighted by atomic mass is 10.1. The molecule has 0 radical (unpaired) electrons. The summed E-state index contributed by atoms with van der Waals surface area (Å²) in [4.78, 5) is 8.35. The van der Waals surface area contributed by atoms with Crippen molar-refractivity contribution in [3.8, 4) is 17.3 Å². The van der Waals surface area contributed by atoms with Gasteiger partial charge in [0.15, 0.2) is 0 Å². The van der Waals surface area contributed by atoms with Gasteiger partial charge in [0.2, 0.25) is 0 Å². The van der Waals surface area contributed by atoms with Gasteiger partial charge in [-0.3, -0.25) is 9.97 Å². The predicted molar refractivity (Wildman–Crippen MR) is 61.8 cm³/mol. The molecule has 3 nitrogen and oxygen atoms in total. The molecule has 0 amide bonds. The Bertz CT molecular complexity index is 532. The van der Waals surface area contributed by atoms with Crippen LogP contribution in [-0.2, 0) is 6.42 Å². The molecule has 0 unspecified atom stereocenters. The first-order valence-electron chi connectivity index (χ1n) is 4.74. The standard InChI is InChI=1S/C12H8ClN3/c13-11-4-3-10(5-6-14)16-12(11)9-2-1-7-15-8-9/h1-4,7-8H,5H2. The molecule has 0 aromatic carbocycles. The minimum absolute atomic E-state index is 0.282. The molecule has 2 aromatic rings. The molecule has 0 spiro atoms. The van der Waals surface area contributed by atoms with Crippen molar-refractivity contribution in [3.63, 3.8) is 0 Å². The lowest BCUT2D eigenvalue weighted by Gasteiger charge is -2.04. The third-order valence-corrected chi connectivity index (χ3v) is 2.40. The largest absolute Gasteiger partial charge is 0.264 e. The van der Waals surface area contributed by atoms with Crippen molar-refractivity contribution in [1.82, 2.24) is 9.97 Å². The van der Waals surface area contributed by atoms with E-state index in [-0.39, 0.29) is 6.42 Å². The van der Waals surface area contributed by atoms with E-state index in [0.717, 1.165) is 5.56 Å². The van der Waals surface area contributed by atoms with Crippen LogP contribution >= 0.6 is 11.6 Å². The van der Waals surface area contributed by atoms with Crippen LogP contribution in [0.5, 0.6) is 0 Å². The highest BCUT2D eigenvalue weighted by Crippen LogP contribution is 2.25. The van der Waals surface area contributed by atoms with Crippen molar-refractivity contribution < 1.29 is 0 Å². The summed E-state index contributed by atoms with van der Waals surface area (Å²) in [5.74, 6) is 0. The first-order valence-corrected chi connectivity index (χ1v) is 5.12. The molecule has 0 fully saturated rings. The van der Waals surface area contributed by atoms with E-state index in [1.54, 1.807) is 24.5 Å². The summed E-state index contributed by atoms with van der Waals surface area (Å²) in [6.07, 6.45) is 3.67. The molecular weight excluding hydrogens is 222 g/mol. The molecular formula is C12H8ClN3. The van der Waals surface area contributed by atoms with E-state index < -0.39 is 0 Å². The number of aromatic nitrogens is 2. The minimum atomic E-state index is 0.282. The Labute approximate surface area is 98.4 Å². The fourth-order valence-electron chi connectivity index (χ4n) is 1.37. The molecule has 0 bridgehead atoms. The summed E-state index contributed by atoms with van der Waals surface area (Å²) < 4.78 is 0. The second-order valence-electron chi connectivity index (χ2n) is 3.21. The first kappa shape index (κ1) is 10.6. The topological polar surface area (TPSA) is 49.6 Å². The Morgan fingerprint density at radius 2 is 2.19 bits per heavy atom. The summed E-state index contributed by atoms with van der Waals surface area (Å²) in [7, 11) is 0. The highest BCUT2D eigenvalue weighted by atomic mass is 35.5. The predicted octanol–water partition coefficient (Wildman–Crippen LogP) is 2.86. The van der Waals surface area contributed by atoms with Crippen LogP contribution in [0.15, 0.2) is 36.7 Å². The minimum Gasteiger partial charge on any atom is -0.264 e. The lowest BCUT2D eigenvalue weighted by Crippen LogP contribution is -1.92. The van der Waals surface area contributed by atoms with Crippen LogP contribution < -0.4 is 0 Å². The Morgan fingerprint density at radius 1 is 1.31 bits per heavy atom. The van der Waals surface area contributed by atoms with Gasteiger partial charge in [-0.2, -0.15) is 5.26 Å². The second kappa shape index (κ2) is 4.73. The third-order valence-electron chi connectivity index (χ3n) is 2.10. The SMILES string of the molecule is N#CCc1ccc(Cl)c(-c2cccnc2)n1. The average Bonchev–Trinajstić information content (AvgIpc) is 2.33. The molecule has 4 heteroatoms.